The Morgan fingerprint density at radius 3 is 3.00 bits per heavy atom. The molecule has 112 valence electrons. The SMILES string of the molecule is Cn1nnc(-c2cnc(Br)cn2)c1COC1CCCCO1. The van der Waals surface area contributed by atoms with Crippen LogP contribution in [-0.4, -0.2) is 37.9 Å². The van der Waals surface area contributed by atoms with Crippen LogP contribution in [0.25, 0.3) is 11.4 Å². The molecule has 21 heavy (non-hydrogen) atoms. The van der Waals surface area contributed by atoms with Crippen molar-refractivity contribution >= 4 is 15.9 Å². The average Bonchev–Trinajstić information content (AvgIpc) is 2.88. The van der Waals surface area contributed by atoms with Crippen LogP contribution in [0.4, 0.5) is 0 Å². The first-order chi connectivity index (χ1) is 10.2. The smallest absolute Gasteiger partial charge is 0.158 e. The molecule has 7 nitrogen and oxygen atoms in total. The van der Waals surface area contributed by atoms with Crippen molar-refractivity contribution in [3.63, 3.8) is 0 Å². The number of aromatic nitrogens is 5. The van der Waals surface area contributed by atoms with Gasteiger partial charge in [0.05, 0.1) is 24.7 Å². The number of rotatable bonds is 4. The van der Waals surface area contributed by atoms with E-state index in [-0.39, 0.29) is 6.29 Å². The summed E-state index contributed by atoms with van der Waals surface area (Å²) in [5.41, 5.74) is 2.23. The van der Waals surface area contributed by atoms with Crippen LogP contribution in [0.15, 0.2) is 17.0 Å². The molecule has 0 saturated carbocycles. The van der Waals surface area contributed by atoms with E-state index in [1.807, 2.05) is 7.05 Å². The highest BCUT2D eigenvalue weighted by atomic mass is 79.9. The first kappa shape index (κ1) is 14.6. The highest BCUT2D eigenvalue weighted by Gasteiger charge is 2.19. The molecule has 1 unspecified atom stereocenters. The van der Waals surface area contributed by atoms with E-state index >= 15 is 0 Å². The largest absolute Gasteiger partial charge is 0.353 e. The van der Waals surface area contributed by atoms with Gasteiger partial charge in [0.25, 0.3) is 0 Å². The van der Waals surface area contributed by atoms with Crippen LogP contribution in [0.2, 0.25) is 0 Å². The van der Waals surface area contributed by atoms with Crippen LogP contribution in [0.1, 0.15) is 25.0 Å². The number of hydrogen-bond donors (Lipinski definition) is 0. The topological polar surface area (TPSA) is 75.0 Å². The van der Waals surface area contributed by atoms with Gasteiger partial charge in [-0.05, 0) is 35.2 Å². The van der Waals surface area contributed by atoms with Crippen LogP contribution < -0.4 is 0 Å². The summed E-state index contributed by atoms with van der Waals surface area (Å²) >= 11 is 3.27. The Labute approximate surface area is 130 Å². The highest BCUT2D eigenvalue weighted by molar-refractivity contribution is 9.10. The van der Waals surface area contributed by atoms with E-state index in [2.05, 4.69) is 36.2 Å². The van der Waals surface area contributed by atoms with Crippen LogP contribution in [0.5, 0.6) is 0 Å². The van der Waals surface area contributed by atoms with Crippen molar-refractivity contribution in [3.05, 3.63) is 22.7 Å². The van der Waals surface area contributed by atoms with E-state index in [0.717, 1.165) is 31.6 Å². The van der Waals surface area contributed by atoms with E-state index in [9.17, 15) is 0 Å². The van der Waals surface area contributed by atoms with Crippen molar-refractivity contribution < 1.29 is 9.47 Å². The first-order valence-electron chi connectivity index (χ1n) is 6.83. The molecule has 0 bridgehead atoms. The fraction of sp³-hybridized carbons (Fsp3) is 0.538. The second-order valence-electron chi connectivity index (χ2n) is 4.84. The minimum absolute atomic E-state index is 0.141. The summed E-state index contributed by atoms with van der Waals surface area (Å²) in [6.45, 7) is 1.15. The third-order valence-electron chi connectivity index (χ3n) is 3.35. The summed E-state index contributed by atoms with van der Waals surface area (Å²) in [4.78, 5) is 8.47. The number of hydrogen-bond acceptors (Lipinski definition) is 6. The van der Waals surface area contributed by atoms with Gasteiger partial charge in [0.2, 0.25) is 0 Å². The Bertz CT molecular complexity index is 595. The van der Waals surface area contributed by atoms with E-state index in [1.165, 1.54) is 0 Å². The molecular weight excluding hydrogens is 338 g/mol. The summed E-state index contributed by atoms with van der Waals surface area (Å²) in [5.74, 6) is 0. The van der Waals surface area contributed by atoms with Gasteiger partial charge in [-0.2, -0.15) is 0 Å². The van der Waals surface area contributed by atoms with Crippen molar-refractivity contribution in [2.75, 3.05) is 6.61 Å². The standard InChI is InChI=1S/C13H16BrN5O2/c1-19-10(8-21-12-4-2-3-5-20-12)13(17-18-19)9-6-16-11(14)7-15-9/h6-7,12H,2-5,8H2,1H3. The van der Waals surface area contributed by atoms with Crippen LogP contribution in [0, 0.1) is 0 Å². The van der Waals surface area contributed by atoms with Gasteiger partial charge in [0.1, 0.15) is 16.0 Å². The Morgan fingerprint density at radius 1 is 1.38 bits per heavy atom. The lowest BCUT2D eigenvalue weighted by molar-refractivity contribution is -0.169. The lowest BCUT2D eigenvalue weighted by atomic mass is 10.2. The van der Waals surface area contributed by atoms with Gasteiger partial charge in [0.15, 0.2) is 6.29 Å². The minimum atomic E-state index is -0.141. The quantitative estimate of drug-likeness (QED) is 0.837. The lowest BCUT2D eigenvalue weighted by Gasteiger charge is -2.22. The zero-order valence-electron chi connectivity index (χ0n) is 11.7. The third-order valence-corrected chi connectivity index (χ3v) is 3.76. The lowest BCUT2D eigenvalue weighted by Crippen LogP contribution is -2.22. The molecule has 0 N–H and O–H groups in total. The maximum absolute atomic E-state index is 5.81. The molecule has 1 fully saturated rings. The highest BCUT2D eigenvalue weighted by Crippen LogP contribution is 2.21. The number of aryl methyl sites for hydroxylation is 1. The molecule has 8 heteroatoms. The fourth-order valence-corrected chi connectivity index (χ4v) is 2.39. The van der Waals surface area contributed by atoms with Gasteiger partial charge in [-0.15, -0.1) is 5.10 Å². The normalized spacial score (nSPS) is 18.9. The maximum Gasteiger partial charge on any atom is 0.158 e. The summed E-state index contributed by atoms with van der Waals surface area (Å²) in [6.07, 6.45) is 6.33. The van der Waals surface area contributed by atoms with Crippen LogP contribution >= 0.6 is 15.9 Å². The molecule has 1 atom stereocenters. The van der Waals surface area contributed by atoms with Crippen molar-refractivity contribution in [1.82, 2.24) is 25.0 Å². The first-order valence-corrected chi connectivity index (χ1v) is 7.63. The molecule has 3 heterocycles. The molecule has 0 aromatic carbocycles. The van der Waals surface area contributed by atoms with Gasteiger partial charge in [-0.1, -0.05) is 5.21 Å². The monoisotopic (exact) mass is 353 g/mol. The minimum Gasteiger partial charge on any atom is -0.353 e. The second kappa shape index (κ2) is 6.59. The number of ether oxygens (including phenoxy) is 2. The maximum atomic E-state index is 5.81. The van der Waals surface area contributed by atoms with E-state index in [1.54, 1.807) is 17.1 Å². The molecule has 3 rings (SSSR count). The summed E-state index contributed by atoms with van der Waals surface area (Å²) < 4.78 is 13.8. The molecule has 0 spiro atoms. The molecule has 0 radical (unpaired) electrons. The summed E-state index contributed by atoms with van der Waals surface area (Å²) in [7, 11) is 1.84. The van der Waals surface area contributed by atoms with E-state index in [0.29, 0.717) is 22.6 Å². The van der Waals surface area contributed by atoms with Crippen molar-refractivity contribution in [3.8, 4) is 11.4 Å². The number of nitrogens with zero attached hydrogens (tertiary/aromatic N) is 5. The molecule has 1 saturated heterocycles. The molecule has 1 aliphatic rings. The number of halogens is 1. The Hall–Kier alpha value is -1.38. The van der Waals surface area contributed by atoms with Crippen LogP contribution in [0.3, 0.4) is 0 Å². The van der Waals surface area contributed by atoms with Gasteiger partial charge in [0, 0.05) is 13.7 Å². The van der Waals surface area contributed by atoms with Gasteiger partial charge >= 0.3 is 0 Å². The fourth-order valence-electron chi connectivity index (χ4n) is 2.19. The molecule has 0 amide bonds. The van der Waals surface area contributed by atoms with Gasteiger partial charge in [-0.25, -0.2) is 9.67 Å². The Morgan fingerprint density at radius 2 is 2.29 bits per heavy atom. The molecule has 2 aromatic rings. The molecule has 0 aliphatic carbocycles. The second-order valence-corrected chi connectivity index (χ2v) is 5.65. The molecule has 1 aliphatic heterocycles. The average molecular weight is 354 g/mol. The molecular formula is C13H16BrN5O2. The predicted molar refractivity (Wildman–Crippen MR) is 78.1 cm³/mol. The predicted octanol–water partition coefficient (Wildman–Crippen LogP) is 2.08. The van der Waals surface area contributed by atoms with E-state index < -0.39 is 0 Å². The van der Waals surface area contributed by atoms with Crippen molar-refractivity contribution in [2.24, 2.45) is 7.05 Å². The Kier molecular flexibility index (Phi) is 4.57. The van der Waals surface area contributed by atoms with Crippen molar-refractivity contribution in [2.45, 2.75) is 32.2 Å². The zero-order valence-corrected chi connectivity index (χ0v) is 13.3. The van der Waals surface area contributed by atoms with Gasteiger partial charge in [-0.3, -0.25) is 4.98 Å². The van der Waals surface area contributed by atoms with Gasteiger partial charge < -0.3 is 9.47 Å². The van der Waals surface area contributed by atoms with E-state index in [4.69, 9.17) is 9.47 Å². The summed E-state index contributed by atoms with van der Waals surface area (Å²) in [6, 6.07) is 0. The third kappa shape index (κ3) is 3.45. The Balaban J connectivity index is 1.75. The van der Waals surface area contributed by atoms with Crippen molar-refractivity contribution in [1.29, 1.82) is 0 Å². The zero-order chi connectivity index (χ0) is 14.7. The summed E-state index contributed by atoms with van der Waals surface area (Å²) in [5, 5.41) is 8.20. The molecule has 2 aromatic heterocycles. The van der Waals surface area contributed by atoms with Crippen LogP contribution in [-0.2, 0) is 23.1 Å².